The predicted molar refractivity (Wildman–Crippen MR) is 104 cm³/mol. The second kappa shape index (κ2) is 7.90. The fraction of sp³-hybridized carbons (Fsp3) is 0.412. The lowest BCUT2D eigenvalue weighted by atomic mass is 10.1. The van der Waals surface area contributed by atoms with Gasteiger partial charge in [0, 0.05) is 26.3 Å². The van der Waals surface area contributed by atoms with Crippen LogP contribution in [0.5, 0.6) is 0 Å². The Labute approximate surface area is 154 Å². The maximum absolute atomic E-state index is 12.3. The smallest absolute Gasteiger partial charge is 0.288 e. The molecule has 0 amide bonds. The van der Waals surface area contributed by atoms with Gasteiger partial charge >= 0.3 is 0 Å². The molecule has 0 radical (unpaired) electrons. The van der Waals surface area contributed by atoms with Crippen molar-refractivity contribution in [3.05, 3.63) is 51.4 Å². The van der Waals surface area contributed by atoms with Gasteiger partial charge in [-0.2, -0.15) is 5.10 Å². The summed E-state index contributed by atoms with van der Waals surface area (Å²) in [7, 11) is 4.01. The molecule has 1 heterocycles. The molecule has 0 aliphatic heterocycles. The van der Waals surface area contributed by atoms with Crippen LogP contribution in [0.25, 0.3) is 0 Å². The number of rotatable bonds is 4. The molecule has 132 valence electrons. The SMILES string of the molecule is CN(C)c1ccc(CNc2cnn(C(C)(C)C)c(=O)c2Cl)cc1.Cl. The summed E-state index contributed by atoms with van der Waals surface area (Å²) in [6, 6.07) is 8.18. The van der Waals surface area contributed by atoms with Gasteiger partial charge in [0.1, 0.15) is 5.02 Å². The molecule has 2 aromatic rings. The van der Waals surface area contributed by atoms with Crippen molar-refractivity contribution in [1.82, 2.24) is 9.78 Å². The molecule has 7 heteroatoms. The molecule has 1 N–H and O–H groups in total. The second-order valence-electron chi connectivity index (χ2n) is 6.67. The van der Waals surface area contributed by atoms with Crippen LogP contribution < -0.4 is 15.8 Å². The molecule has 0 unspecified atom stereocenters. The van der Waals surface area contributed by atoms with Crippen LogP contribution in [0.4, 0.5) is 11.4 Å². The molecule has 0 atom stereocenters. The van der Waals surface area contributed by atoms with E-state index in [9.17, 15) is 4.79 Å². The zero-order chi connectivity index (χ0) is 17.2. The predicted octanol–water partition coefficient (Wildman–Crippen LogP) is 3.75. The van der Waals surface area contributed by atoms with Crippen molar-refractivity contribution in [3.63, 3.8) is 0 Å². The Hall–Kier alpha value is -1.72. The summed E-state index contributed by atoms with van der Waals surface area (Å²) in [5, 5.41) is 7.55. The molecule has 24 heavy (non-hydrogen) atoms. The van der Waals surface area contributed by atoms with Gasteiger partial charge in [0.15, 0.2) is 0 Å². The van der Waals surface area contributed by atoms with Crippen molar-refractivity contribution in [3.8, 4) is 0 Å². The minimum absolute atomic E-state index is 0. The first kappa shape index (κ1) is 20.3. The Kier molecular flexibility index (Phi) is 6.69. The van der Waals surface area contributed by atoms with E-state index in [-0.39, 0.29) is 23.0 Å². The van der Waals surface area contributed by atoms with E-state index in [1.54, 1.807) is 6.20 Å². The number of halogens is 2. The van der Waals surface area contributed by atoms with Gasteiger partial charge in [-0.25, -0.2) is 4.68 Å². The highest BCUT2D eigenvalue weighted by atomic mass is 35.5. The number of nitrogens with zero attached hydrogens (tertiary/aromatic N) is 3. The standard InChI is InChI=1S/C17H23ClN4O.ClH/c1-17(2,3)22-16(23)15(18)14(11-20-22)19-10-12-6-8-13(9-7-12)21(4)5;/h6-9,11,19H,10H2,1-5H3;1H. The van der Waals surface area contributed by atoms with Crippen LogP contribution in [0.2, 0.25) is 5.02 Å². The monoisotopic (exact) mass is 370 g/mol. The lowest BCUT2D eigenvalue weighted by Gasteiger charge is -2.21. The first-order valence-corrected chi connectivity index (χ1v) is 7.86. The van der Waals surface area contributed by atoms with E-state index in [4.69, 9.17) is 11.6 Å². The van der Waals surface area contributed by atoms with Crippen LogP contribution in [0.3, 0.4) is 0 Å². The molecule has 1 aromatic heterocycles. The highest BCUT2D eigenvalue weighted by Crippen LogP contribution is 2.20. The normalized spacial score (nSPS) is 10.9. The topological polar surface area (TPSA) is 50.2 Å². The lowest BCUT2D eigenvalue weighted by Crippen LogP contribution is -2.36. The quantitative estimate of drug-likeness (QED) is 0.889. The van der Waals surface area contributed by atoms with E-state index >= 15 is 0 Å². The van der Waals surface area contributed by atoms with Gasteiger partial charge < -0.3 is 10.2 Å². The van der Waals surface area contributed by atoms with Crippen molar-refractivity contribution >= 4 is 35.4 Å². The maximum Gasteiger partial charge on any atom is 0.288 e. The highest BCUT2D eigenvalue weighted by molar-refractivity contribution is 6.32. The van der Waals surface area contributed by atoms with Crippen LogP contribution in [0.15, 0.2) is 35.3 Å². The average molecular weight is 371 g/mol. The molecule has 0 spiro atoms. The molecule has 0 bridgehead atoms. The van der Waals surface area contributed by atoms with Gasteiger partial charge in [-0.3, -0.25) is 4.79 Å². The fourth-order valence-corrected chi connectivity index (χ4v) is 2.34. The van der Waals surface area contributed by atoms with Crippen LogP contribution in [0, 0.1) is 0 Å². The Bertz CT molecular complexity index is 734. The van der Waals surface area contributed by atoms with E-state index < -0.39 is 5.54 Å². The van der Waals surface area contributed by atoms with Crippen molar-refractivity contribution < 1.29 is 0 Å². The third kappa shape index (κ3) is 4.65. The fourth-order valence-electron chi connectivity index (χ4n) is 2.14. The Morgan fingerprint density at radius 2 is 1.79 bits per heavy atom. The lowest BCUT2D eigenvalue weighted by molar-refractivity contribution is 0.338. The number of aromatic nitrogens is 2. The van der Waals surface area contributed by atoms with Gasteiger partial charge in [-0.1, -0.05) is 23.7 Å². The third-order valence-electron chi connectivity index (χ3n) is 3.49. The van der Waals surface area contributed by atoms with Crippen LogP contribution in [-0.2, 0) is 12.1 Å². The van der Waals surface area contributed by atoms with Crippen molar-refractivity contribution in [1.29, 1.82) is 0 Å². The van der Waals surface area contributed by atoms with Gasteiger partial charge in [0.25, 0.3) is 5.56 Å². The summed E-state index contributed by atoms with van der Waals surface area (Å²) >= 11 is 6.19. The molecule has 0 aliphatic carbocycles. The van der Waals surface area contributed by atoms with E-state index in [0.29, 0.717) is 12.2 Å². The zero-order valence-electron chi connectivity index (χ0n) is 14.6. The first-order chi connectivity index (χ1) is 10.7. The van der Waals surface area contributed by atoms with Crippen molar-refractivity contribution in [2.45, 2.75) is 32.9 Å². The van der Waals surface area contributed by atoms with Crippen molar-refractivity contribution in [2.24, 2.45) is 0 Å². The number of hydrogen-bond acceptors (Lipinski definition) is 4. The Morgan fingerprint density at radius 1 is 1.21 bits per heavy atom. The van der Waals surface area contributed by atoms with Crippen LogP contribution >= 0.6 is 24.0 Å². The number of benzene rings is 1. The average Bonchev–Trinajstić information content (AvgIpc) is 2.48. The molecule has 0 saturated heterocycles. The van der Waals surface area contributed by atoms with Gasteiger partial charge in [-0.15, -0.1) is 12.4 Å². The number of hydrogen-bond donors (Lipinski definition) is 1. The summed E-state index contributed by atoms with van der Waals surface area (Å²) in [5.41, 5.74) is 2.11. The summed E-state index contributed by atoms with van der Waals surface area (Å²) in [4.78, 5) is 14.3. The maximum atomic E-state index is 12.3. The van der Waals surface area contributed by atoms with E-state index in [0.717, 1.165) is 11.3 Å². The largest absolute Gasteiger partial charge is 0.378 e. The summed E-state index contributed by atoms with van der Waals surface area (Å²) < 4.78 is 1.40. The minimum atomic E-state index is -0.402. The molecule has 0 fully saturated rings. The summed E-state index contributed by atoms with van der Waals surface area (Å²) in [5.74, 6) is 0. The number of nitrogens with one attached hydrogen (secondary N) is 1. The van der Waals surface area contributed by atoms with Crippen molar-refractivity contribution in [2.75, 3.05) is 24.3 Å². The molecule has 2 rings (SSSR count). The highest BCUT2D eigenvalue weighted by Gasteiger charge is 2.19. The van der Waals surface area contributed by atoms with Crippen LogP contribution in [0.1, 0.15) is 26.3 Å². The first-order valence-electron chi connectivity index (χ1n) is 7.48. The summed E-state index contributed by atoms with van der Waals surface area (Å²) in [6.45, 7) is 6.32. The third-order valence-corrected chi connectivity index (χ3v) is 3.86. The summed E-state index contributed by atoms with van der Waals surface area (Å²) in [6.07, 6.45) is 1.60. The molecule has 0 saturated carbocycles. The zero-order valence-corrected chi connectivity index (χ0v) is 16.2. The minimum Gasteiger partial charge on any atom is -0.378 e. The van der Waals surface area contributed by atoms with Gasteiger partial charge in [-0.05, 0) is 38.5 Å². The number of anilines is 2. The van der Waals surface area contributed by atoms with E-state index in [1.165, 1.54) is 4.68 Å². The molecule has 0 aliphatic rings. The second-order valence-corrected chi connectivity index (χ2v) is 7.05. The molecular weight excluding hydrogens is 347 g/mol. The van der Waals surface area contributed by atoms with Gasteiger partial charge in [0.05, 0.1) is 17.4 Å². The van der Waals surface area contributed by atoms with Gasteiger partial charge in [0.2, 0.25) is 0 Å². The molecular formula is C17H24Cl2N4O. The molecule has 5 nitrogen and oxygen atoms in total. The Balaban J connectivity index is 0.00000288. The van der Waals surface area contributed by atoms with E-state index in [2.05, 4.69) is 22.5 Å². The van der Waals surface area contributed by atoms with Crippen LogP contribution in [-0.4, -0.2) is 23.9 Å². The van der Waals surface area contributed by atoms with E-state index in [1.807, 2.05) is 51.9 Å². The Morgan fingerprint density at radius 3 is 2.29 bits per heavy atom. The molecule has 1 aromatic carbocycles.